The Bertz CT molecular complexity index is 1120. The highest BCUT2D eigenvalue weighted by Crippen LogP contribution is 2.34. The lowest BCUT2D eigenvalue weighted by atomic mass is 9.80. The summed E-state index contributed by atoms with van der Waals surface area (Å²) >= 11 is 0. The Morgan fingerprint density at radius 2 is 1.63 bits per heavy atom. The molecule has 0 unspecified atom stereocenters. The summed E-state index contributed by atoms with van der Waals surface area (Å²) in [6.45, 7) is 9.22. The van der Waals surface area contributed by atoms with E-state index in [4.69, 9.17) is 4.74 Å². The number of carbonyl (C=O) groups is 3. The fourth-order valence-corrected chi connectivity index (χ4v) is 5.87. The predicted molar refractivity (Wildman–Crippen MR) is 163 cm³/mol. The molecule has 0 bridgehead atoms. The number of amides is 3. The van der Waals surface area contributed by atoms with Crippen LogP contribution in [0.5, 0.6) is 0 Å². The lowest BCUT2D eigenvalue weighted by molar-refractivity contribution is -0.163. The third-order valence-electron chi connectivity index (χ3n) is 8.07. The average molecular weight is 585 g/mol. The minimum atomic E-state index is -0.855. The molecule has 0 radical (unpaired) electrons. The first-order valence-electron chi connectivity index (χ1n) is 14.7. The van der Waals surface area contributed by atoms with Gasteiger partial charge < -0.3 is 25.2 Å². The van der Waals surface area contributed by atoms with Gasteiger partial charge in [0.05, 0.1) is 6.04 Å². The molecular formula is C32H45ClN4O4. The van der Waals surface area contributed by atoms with Gasteiger partial charge in [-0.25, -0.2) is 4.79 Å². The topological polar surface area (TPSA) is 91.0 Å². The van der Waals surface area contributed by atoms with E-state index < -0.39 is 23.7 Å². The maximum absolute atomic E-state index is 14.1. The number of nitrogens with one attached hydrogen (secondary N) is 2. The van der Waals surface area contributed by atoms with Gasteiger partial charge in [0.25, 0.3) is 0 Å². The molecule has 2 aromatic carbocycles. The number of nitrogens with zero attached hydrogens (tertiary/aromatic N) is 2. The van der Waals surface area contributed by atoms with Crippen LogP contribution >= 0.6 is 12.4 Å². The summed E-state index contributed by atoms with van der Waals surface area (Å²) < 4.78 is 5.43. The van der Waals surface area contributed by atoms with Crippen molar-refractivity contribution in [3.63, 3.8) is 0 Å². The Kier molecular flexibility index (Phi) is 12.0. The minimum absolute atomic E-state index is 0. The highest BCUT2D eigenvalue weighted by molar-refractivity contribution is 6.00. The van der Waals surface area contributed by atoms with E-state index in [0.717, 1.165) is 38.0 Å². The molecule has 2 atom stereocenters. The molecule has 2 heterocycles. The third-order valence-corrected chi connectivity index (χ3v) is 8.07. The molecule has 0 aromatic heterocycles. The smallest absolute Gasteiger partial charge is 0.407 e. The Morgan fingerprint density at radius 1 is 1.02 bits per heavy atom. The van der Waals surface area contributed by atoms with Gasteiger partial charge in [0, 0.05) is 26.2 Å². The number of rotatable bonds is 11. The van der Waals surface area contributed by atoms with Gasteiger partial charge >= 0.3 is 6.09 Å². The first-order chi connectivity index (χ1) is 19.3. The fourth-order valence-electron chi connectivity index (χ4n) is 5.87. The van der Waals surface area contributed by atoms with Crippen molar-refractivity contribution < 1.29 is 19.1 Å². The number of benzene rings is 2. The maximum atomic E-state index is 14.1. The molecule has 41 heavy (non-hydrogen) atoms. The van der Waals surface area contributed by atoms with E-state index in [1.54, 1.807) is 0 Å². The second-order valence-electron chi connectivity index (χ2n) is 11.5. The zero-order valence-electron chi connectivity index (χ0n) is 24.5. The van der Waals surface area contributed by atoms with Gasteiger partial charge in [-0.15, -0.1) is 12.4 Å². The number of alkyl carbamates (subject to hydrolysis) is 1. The molecule has 2 aromatic rings. The lowest BCUT2D eigenvalue weighted by Crippen LogP contribution is -2.76. The highest BCUT2D eigenvalue weighted by Gasteiger charge is 2.55. The summed E-state index contributed by atoms with van der Waals surface area (Å²) in [5.41, 5.74) is 1.33. The summed E-state index contributed by atoms with van der Waals surface area (Å²) in [5, 5.41) is 5.93. The second kappa shape index (κ2) is 15.2. The van der Waals surface area contributed by atoms with Gasteiger partial charge in [-0.3, -0.25) is 9.59 Å². The van der Waals surface area contributed by atoms with Crippen molar-refractivity contribution in [3.8, 4) is 0 Å². The number of piperazine rings is 1. The van der Waals surface area contributed by atoms with E-state index in [0.29, 0.717) is 25.8 Å². The molecule has 0 aliphatic carbocycles. The molecule has 224 valence electrons. The Labute approximate surface area is 250 Å². The number of likely N-dealkylation sites (tertiary alicyclic amines) is 1. The molecular weight excluding hydrogens is 540 g/mol. The first-order valence-corrected chi connectivity index (χ1v) is 14.7. The summed E-state index contributed by atoms with van der Waals surface area (Å²) in [4.78, 5) is 44.8. The molecule has 1 spiro atoms. The summed E-state index contributed by atoms with van der Waals surface area (Å²) in [6, 6.07) is 18.5. The van der Waals surface area contributed by atoms with E-state index >= 15 is 0 Å². The first kappa shape index (κ1) is 32.4. The van der Waals surface area contributed by atoms with Crippen molar-refractivity contribution in [1.29, 1.82) is 0 Å². The SMILES string of the molecule is CCC[C@H](NC(=O)OCc1ccccc1)[C@@H]1NC(=O)C2(CCN(CCc3ccccc3)CC2)N(CC(C)C)C1=O.Cl. The van der Waals surface area contributed by atoms with Crippen LogP contribution in [-0.4, -0.2) is 71.5 Å². The molecule has 2 N–H and O–H groups in total. The largest absolute Gasteiger partial charge is 0.445 e. The standard InChI is InChI=1S/C32H44N4O4.ClH/c1-4-11-27(33-31(39)40-23-26-14-9-6-10-15-26)28-29(37)36(22-24(2)3)32(30(38)34-28)17-20-35(21-18-32)19-16-25-12-7-5-8-13-25;/h5-10,12-15,24,27-28H,4,11,16-23H2,1-3H3,(H,33,39)(H,34,38);1H/t27-,28-;/m0./s1. The van der Waals surface area contributed by atoms with E-state index in [1.165, 1.54) is 5.56 Å². The zero-order chi connectivity index (χ0) is 28.5. The predicted octanol–water partition coefficient (Wildman–Crippen LogP) is 4.56. The third kappa shape index (κ3) is 8.23. The van der Waals surface area contributed by atoms with E-state index in [-0.39, 0.29) is 36.7 Å². The van der Waals surface area contributed by atoms with Gasteiger partial charge in [0.2, 0.25) is 11.8 Å². The average Bonchev–Trinajstić information content (AvgIpc) is 2.96. The monoisotopic (exact) mass is 584 g/mol. The van der Waals surface area contributed by atoms with E-state index in [2.05, 4.69) is 53.6 Å². The number of carbonyl (C=O) groups excluding carboxylic acids is 3. The van der Waals surface area contributed by atoms with Gasteiger partial charge in [-0.1, -0.05) is 87.9 Å². The number of hydrogen-bond acceptors (Lipinski definition) is 5. The highest BCUT2D eigenvalue weighted by atomic mass is 35.5. The number of ether oxygens (including phenoxy) is 1. The quantitative estimate of drug-likeness (QED) is 0.404. The van der Waals surface area contributed by atoms with Crippen LogP contribution < -0.4 is 10.6 Å². The normalized spacial score (nSPS) is 19.4. The van der Waals surface area contributed by atoms with Gasteiger partial charge in [0.15, 0.2) is 0 Å². The van der Waals surface area contributed by atoms with Crippen molar-refractivity contribution in [2.45, 2.75) is 77.1 Å². The fraction of sp³-hybridized carbons (Fsp3) is 0.531. The van der Waals surface area contributed by atoms with Crippen molar-refractivity contribution >= 4 is 30.3 Å². The van der Waals surface area contributed by atoms with Crippen molar-refractivity contribution in [1.82, 2.24) is 20.4 Å². The van der Waals surface area contributed by atoms with Crippen LogP contribution in [0.4, 0.5) is 4.79 Å². The van der Waals surface area contributed by atoms with Crippen LogP contribution in [0.15, 0.2) is 60.7 Å². The Morgan fingerprint density at radius 3 is 2.22 bits per heavy atom. The summed E-state index contributed by atoms with van der Waals surface area (Å²) in [5.74, 6) is -0.0224. The van der Waals surface area contributed by atoms with Crippen molar-refractivity contribution in [3.05, 3.63) is 71.8 Å². The number of piperidine rings is 1. The van der Waals surface area contributed by atoms with Gasteiger partial charge in [-0.2, -0.15) is 0 Å². The van der Waals surface area contributed by atoms with Crippen molar-refractivity contribution in [2.24, 2.45) is 5.92 Å². The van der Waals surface area contributed by atoms with Crippen LogP contribution in [0.1, 0.15) is 57.6 Å². The molecule has 0 saturated carbocycles. The molecule has 2 saturated heterocycles. The summed E-state index contributed by atoms with van der Waals surface area (Å²) in [6.07, 6.45) is 2.86. The Balaban J connectivity index is 0.00000462. The minimum Gasteiger partial charge on any atom is -0.445 e. The number of halogens is 1. The molecule has 2 aliphatic heterocycles. The second-order valence-corrected chi connectivity index (χ2v) is 11.5. The van der Waals surface area contributed by atoms with Gasteiger partial charge in [-0.05, 0) is 42.7 Å². The summed E-state index contributed by atoms with van der Waals surface area (Å²) in [7, 11) is 0. The van der Waals surface area contributed by atoms with Crippen LogP contribution in [0.3, 0.4) is 0 Å². The van der Waals surface area contributed by atoms with Crippen LogP contribution in [0, 0.1) is 5.92 Å². The molecule has 2 fully saturated rings. The molecule has 2 aliphatic rings. The van der Waals surface area contributed by atoms with E-state index in [1.807, 2.05) is 48.2 Å². The van der Waals surface area contributed by atoms with Crippen molar-refractivity contribution in [2.75, 3.05) is 26.2 Å². The maximum Gasteiger partial charge on any atom is 0.407 e. The zero-order valence-corrected chi connectivity index (χ0v) is 25.3. The number of hydrogen-bond donors (Lipinski definition) is 2. The van der Waals surface area contributed by atoms with Gasteiger partial charge in [0.1, 0.15) is 18.2 Å². The van der Waals surface area contributed by atoms with Crippen LogP contribution in [0.25, 0.3) is 0 Å². The molecule has 9 heteroatoms. The molecule has 8 nitrogen and oxygen atoms in total. The van der Waals surface area contributed by atoms with E-state index in [9.17, 15) is 14.4 Å². The molecule has 4 rings (SSSR count). The molecule has 3 amide bonds. The van der Waals surface area contributed by atoms with Crippen LogP contribution in [0.2, 0.25) is 0 Å². The lowest BCUT2D eigenvalue weighted by Gasteiger charge is -2.53. The Hall–Kier alpha value is -3.10. The van der Waals surface area contributed by atoms with Crippen LogP contribution in [-0.2, 0) is 27.4 Å².